The van der Waals surface area contributed by atoms with Gasteiger partial charge in [0.15, 0.2) is 5.78 Å². The topological polar surface area (TPSA) is 82.1 Å². The summed E-state index contributed by atoms with van der Waals surface area (Å²) in [5, 5.41) is 10.3. The van der Waals surface area contributed by atoms with E-state index in [9.17, 15) is 14.7 Å². The number of ether oxygens (including phenoxy) is 3. The van der Waals surface area contributed by atoms with E-state index in [-0.39, 0.29) is 17.5 Å². The van der Waals surface area contributed by atoms with Crippen molar-refractivity contribution in [3.8, 4) is 23.0 Å². The van der Waals surface area contributed by atoms with E-state index in [0.29, 0.717) is 54.5 Å². The normalized spacial score (nSPS) is 10.6. The van der Waals surface area contributed by atoms with Crippen molar-refractivity contribution in [2.24, 2.45) is 5.92 Å². The monoisotopic (exact) mass is 400 g/mol. The Bertz CT molecular complexity index is 811. The van der Waals surface area contributed by atoms with Crippen LogP contribution in [-0.4, -0.2) is 30.6 Å². The van der Waals surface area contributed by atoms with Gasteiger partial charge >= 0.3 is 0 Å². The number of benzene rings is 2. The number of phenols is 1. The molecule has 0 unspecified atom stereocenters. The minimum atomic E-state index is -0.0601. The third-order valence-corrected chi connectivity index (χ3v) is 4.35. The van der Waals surface area contributed by atoms with Crippen LogP contribution in [0.1, 0.15) is 49.0 Å². The van der Waals surface area contributed by atoms with E-state index in [2.05, 4.69) is 0 Å². The van der Waals surface area contributed by atoms with Crippen molar-refractivity contribution in [1.82, 2.24) is 0 Å². The Morgan fingerprint density at radius 1 is 1.00 bits per heavy atom. The molecule has 0 aromatic heterocycles. The van der Waals surface area contributed by atoms with Gasteiger partial charge in [0.05, 0.1) is 18.8 Å². The second-order valence-electron chi connectivity index (χ2n) is 7.20. The largest absolute Gasteiger partial charge is 0.507 e. The molecule has 6 heteroatoms. The number of phenolic OH excluding ortho intramolecular Hbond substituents is 1. The van der Waals surface area contributed by atoms with Crippen LogP contribution < -0.4 is 14.2 Å². The summed E-state index contributed by atoms with van der Waals surface area (Å²) in [7, 11) is 0. The van der Waals surface area contributed by atoms with Crippen molar-refractivity contribution in [2.45, 2.75) is 40.0 Å². The molecule has 6 nitrogen and oxygen atoms in total. The van der Waals surface area contributed by atoms with Crippen LogP contribution in [0.15, 0.2) is 36.4 Å². The molecule has 29 heavy (non-hydrogen) atoms. The molecule has 1 N–H and O–H groups in total. The first kappa shape index (κ1) is 22.3. The van der Waals surface area contributed by atoms with Gasteiger partial charge in [-0.1, -0.05) is 13.8 Å². The Balaban J connectivity index is 1.75. The van der Waals surface area contributed by atoms with Gasteiger partial charge < -0.3 is 19.3 Å². The molecule has 0 bridgehead atoms. The van der Waals surface area contributed by atoms with Gasteiger partial charge in [0, 0.05) is 12.0 Å². The number of carbonyl (C=O) groups excluding carboxylic acids is 2. The number of aromatic hydroxyl groups is 1. The quantitative estimate of drug-likeness (QED) is 0.316. The van der Waals surface area contributed by atoms with Gasteiger partial charge in [-0.3, -0.25) is 9.59 Å². The molecule has 0 aliphatic heterocycles. The molecule has 2 aromatic rings. The summed E-state index contributed by atoms with van der Waals surface area (Å²) in [4.78, 5) is 22.5. The number of ketones is 1. The number of rotatable bonds is 12. The van der Waals surface area contributed by atoms with Crippen LogP contribution in [0.25, 0.3) is 0 Å². The summed E-state index contributed by atoms with van der Waals surface area (Å²) in [5.41, 5.74) is 0.926. The van der Waals surface area contributed by atoms with Gasteiger partial charge in [-0.05, 0) is 62.1 Å². The number of hydrogen-bond acceptors (Lipinski definition) is 6. The third kappa shape index (κ3) is 6.82. The van der Waals surface area contributed by atoms with Gasteiger partial charge in [0.2, 0.25) is 0 Å². The zero-order chi connectivity index (χ0) is 21.2. The highest BCUT2D eigenvalue weighted by Crippen LogP contribution is 2.32. The lowest BCUT2D eigenvalue weighted by Gasteiger charge is -2.13. The molecule has 156 valence electrons. The summed E-state index contributed by atoms with van der Waals surface area (Å²) in [5.74, 6) is 1.93. The van der Waals surface area contributed by atoms with E-state index < -0.39 is 0 Å². The molecule has 0 saturated carbocycles. The molecule has 2 aromatic carbocycles. The van der Waals surface area contributed by atoms with E-state index in [1.54, 1.807) is 43.3 Å². The fourth-order valence-electron chi connectivity index (χ4n) is 2.79. The molecule has 0 fully saturated rings. The van der Waals surface area contributed by atoms with Crippen LogP contribution in [0, 0.1) is 12.8 Å². The van der Waals surface area contributed by atoms with Crippen LogP contribution in [0.4, 0.5) is 0 Å². The second-order valence-corrected chi connectivity index (χ2v) is 7.20. The summed E-state index contributed by atoms with van der Waals surface area (Å²) >= 11 is 0. The van der Waals surface area contributed by atoms with Gasteiger partial charge in [-0.2, -0.15) is 0 Å². The highest BCUT2D eigenvalue weighted by atomic mass is 16.5. The van der Waals surface area contributed by atoms with Crippen molar-refractivity contribution < 1.29 is 28.9 Å². The van der Waals surface area contributed by atoms with Crippen LogP contribution >= 0.6 is 0 Å². The van der Waals surface area contributed by atoms with Gasteiger partial charge in [0.25, 0.3) is 6.47 Å². The minimum absolute atomic E-state index is 0.00140. The third-order valence-electron chi connectivity index (χ3n) is 4.35. The van der Waals surface area contributed by atoms with E-state index in [4.69, 9.17) is 14.2 Å². The number of unbranched alkanes of at least 4 members (excludes halogenated alkanes) is 1. The highest BCUT2D eigenvalue weighted by Gasteiger charge is 2.16. The Labute approximate surface area is 171 Å². The molecule has 0 saturated heterocycles. The van der Waals surface area contributed by atoms with Gasteiger partial charge in [-0.25, -0.2) is 0 Å². The number of hydrogen-bond donors (Lipinski definition) is 1. The molecular weight excluding hydrogens is 372 g/mol. The number of carbonyl (C=O) groups is 2. The smallest absolute Gasteiger partial charge is 0.298 e. The molecule has 0 aliphatic carbocycles. The predicted molar refractivity (Wildman–Crippen MR) is 110 cm³/mol. The highest BCUT2D eigenvalue weighted by molar-refractivity contribution is 5.99. The molecule has 0 spiro atoms. The first-order valence-electron chi connectivity index (χ1n) is 9.74. The van der Waals surface area contributed by atoms with E-state index in [1.807, 2.05) is 13.8 Å². The summed E-state index contributed by atoms with van der Waals surface area (Å²) < 4.78 is 16.1. The van der Waals surface area contributed by atoms with Crippen LogP contribution in [0.5, 0.6) is 23.0 Å². The van der Waals surface area contributed by atoms with Crippen molar-refractivity contribution in [1.29, 1.82) is 0 Å². The Morgan fingerprint density at radius 2 is 1.62 bits per heavy atom. The molecule has 0 amide bonds. The summed E-state index contributed by atoms with van der Waals surface area (Å²) in [6, 6.07) is 10.2. The zero-order valence-electron chi connectivity index (χ0n) is 17.1. The maximum atomic E-state index is 12.2. The maximum Gasteiger partial charge on any atom is 0.298 e. The van der Waals surface area contributed by atoms with Crippen molar-refractivity contribution in [3.63, 3.8) is 0 Å². The SMILES string of the molecule is Cc1c(OCCCCOc2ccc(OC=O)cc2)ccc(C(=O)CC(C)C)c1O. The lowest BCUT2D eigenvalue weighted by atomic mass is 9.98. The zero-order valence-corrected chi connectivity index (χ0v) is 17.1. The molecule has 0 heterocycles. The lowest BCUT2D eigenvalue weighted by molar-refractivity contribution is -0.120. The van der Waals surface area contributed by atoms with E-state index in [1.165, 1.54) is 0 Å². The molecule has 0 aliphatic rings. The van der Waals surface area contributed by atoms with Crippen LogP contribution in [0.3, 0.4) is 0 Å². The lowest BCUT2D eigenvalue weighted by Crippen LogP contribution is -2.06. The predicted octanol–water partition coefficient (Wildman–Crippen LogP) is 4.70. The fourth-order valence-corrected chi connectivity index (χ4v) is 2.79. The van der Waals surface area contributed by atoms with Gasteiger partial charge in [0.1, 0.15) is 23.0 Å². The van der Waals surface area contributed by atoms with Crippen molar-refractivity contribution >= 4 is 12.3 Å². The Hall–Kier alpha value is -3.02. The number of Topliss-reactive ketones (excluding diaryl/α,β-unsaturated/α-hetero) is 1. The Morgan fingerprint density at radius 3 is 2.24 bits per heavy atom. The Kier molecular flexibility index (Phi) is 8.52. The van der Waals surface area contributed by atoms with E-state index >= 15 is 0 Å². The summed E-state index contributed by atoms with van der Waals surface area (Å²) in [6.45, 7) is 7.09. The average molecular weight is 400 g/mol. The first-order valence-corrected chi connectivity index (χ1v) is 9.74. The molecule has 0 atom stereocenters. The maximum absolute atomic E-state index is 12.2. The van der Waals surface area contributed by atoms with Crippen LogP contribution in [0.2, 0.25) is 0 Å². The molecular formula is C23H28O6. The van der Waals surface area contributed by atoms with Crippen molar-refractivity contribution in [3.05, 3.63) is 47.5 Å². The molecule has 2 rings (SSSR count). The van der Waals surface area contributed by atoms with Gasteiger partial charge in [-0.15, -0.1) is 0 Å². The molecule has 0 radical (unpaired) electrons. The van der Waals surface area contributed by atoms with Crippen LogP contribution in [-0.2, 0) is 4.79 Å². The second kappa shape index (κ2) is 11.1. The minimum Gasteiger partial charge on any atom is -0.507 e. The first-order chi connectivity index (χ1) is 13.9. The van der Waals surface area contributed by atoms with E-state index in [0.717, 1.165) is 12.8 Å². The fraction of sp³-hybridized carbons (Fsp3) is 0.391. The standard InChI is InChI=1S/C23H28O6/c1-16(2)14-21(25)20-10-11-22(17(3)23(20)26)28-13-5-4-12-27-18-6-8-19(9-7-18)29-15-24/h6-11,15-16,26H,4-5,12-14H2,1-3H3. The van der Waals surface area contributed by atoms with Crippen molar-refractivity contribution in [2.75, 3.05) is 13.2 Å². The average Bonchev–Trinajstić information content (AvgIpc) is 2.68. The summed E-state index contributed by atoms with van der Waals surface area (Å²) in [6.07, 6.45) is 1.98.